The van der Waals surface area contributed by atoms with Crippen LogP contribution in [0.15, 0.2) is 12.1 Å². The molecule has 0 saturated carbocycles. The number of hydrogen-bond donors (Lipinski definition) is 2. The van der Waals surface area contributed by atoms with Gasteiger partial charge in [-0.1, -0.05) is 11.6 Å². The molecule has 0 atom stereocenters. The van der Waals surface area contributed by atoms with Crippen molar-refractivity contribution < 1.29 is 22.7 Å². The number of primary amides is 1. The van der Waals surface area contributed by atoms with Crippen molar-refractivity contribution in [3.05, 3.63) is 28.3 Å². The van der Waals surface area contributed by atoms with E-state index in [0.717, 1.165) is 12.1 Å². The Labute approximate surface area is 118 Å². The van der Waals surface area contributed by atoms with Crippen molar-refractivity contribution in [3.8, 4) is 0 Å². The molecule has 0 aromatic heterocycles. The molecule has 1 amide bonds. The summed E-state index contributed by atoms with van der Waals surface area (Å²) in [7, 11) is 0. The maximum Gasteiger partial charge on any atom is 0.416 e. The number of anilines is 1. The van der Waals surface area contributed by atoms with Crippen molar-refractivity contribution in [3.63, 3.8) is 0 Å². The average molecular weight is 311 g/mol. The molecule has 1 rings (SSSR count). The minimum Gasteiger partial charge on any atom is -0.443 e. The zero-order chi connectivity index (χ0) is 15.7. The van der Waals surface area contributed by atoms with E-state index in [1.807, 2.05) is 0 Å². The zero-order valence-electron chi connectivity index (χ0n) is 10.8. The molecule has 0 aliphatic carbocycles. The maximum atomic E-state index is 12.7. The molecule has 20 heavy (non-hydrogen) atoms. The van der Waals surface area contributed by atoms with Crippen LogP contribution in [0.2, 0.25) is 5.02 Å². The molecule has 4 N–H and O–H groups in total. The predicted molar refractivity (Wildman–Crippen MR) is 69.3 cm³/mol. The van der Waals surface area contributed by atoms with E-state index in [-0.39, 0.29) is 22.7 Å². The first-order valence-corrected chi connectivity index (χ1v) is 5.94. The highest BCUT2D eigenvalue weighted by atomic mass is 35.5. The van der Waals surface area contributed by atoms with E-state index in [0.29, 0.717) is 0 Å². The Morgan fingerprint density at radius 2 is 1.90 bits per heavy atom. The van der Waals surface area contributed by atoms with Gasteiger partial charge in [0.1, 0.15) is 5.60 Å². The topological polar surface area (TPSA) is 78.3 Å². The average Bonchev–Trinajstić information content (AvgIpc) is 2.20. The molecule has 1 aromatic carbocycles. The highest BCUT2D eigenvalue weighted by Crippen LogP contribution is 2.36. The van der Waals surface area contributed by atoms with E-state index in [1.165, 1.54) is 13.8 Å². The summed E-state index contributed by atoms with van der Waals surface area (Å²) < 4.78 is 43.0. The Morgan fingerprint density at radius 1 is 1.35 bits per heavy atom. The van der Waals surface area contributed by atoms with Crippen molar-refractivity contribution in [1.29, 1.82) is 0 Å². The second-order valence-electron chi connectivity index (χ2n) is 4.89. The van der Waals surface area contributed by atoms with Crippen LogP contribution in [0, 0.1) is 0 Å². The van der Waals surface area contributed by atoms with E-state index in [1.54, 1.807) is 0 Å². The maximum absolute atomic E-state index is 12.7. The van der Waals surface area contributed by atoms with Crippen LogP contribution >= 0.6 is 11.6 Å². The lowest BCUT2D eigenvalue weighted by Crippen LogP contribution is -2.33. The lowest BCUT2D eigenvalue weighted by atomic mass is 9.95. The molecule has 0 heterocycles. The van der Waals surface area contributed by atoms with Crippen molar-refractivity contribution in [2.45, 2.75) is 32.0 Å². The van der Waals surface area contributed by atoms with Gasteiger partial charge in [0.25, 0.3) is 0 Å². The largest absolute Gasteiger partial charge is 0.443 e. The lowest BCUT2D eigenvalue weighted by Gasteiger charge is -2.25. The third kappa shape index (κ3) is 4.19. The quantitative estimate of drug-likeness (QED) is 0.840. The monoisotopic (exact) mass is 310 g/mol. The molecule has 0 bridgehead atoms. The number of rotatable bonds is 3. The van der Waals surface area contributed by atoms with Gasteiger partial charge in [-0.15, -0.1) is 0 Å². The standard InChI is InChI=1S/C12H14ClF3N2O2/c1-11(2,20-10(18)19)5-6-3-7(12(14,15)16)4-8(13)9(6)17/h3-4H,5,17H2,1-2H3,(H2,18,19). The number of benzene rings is 1. The van der Waals surface area contributed by atoms with Crippen LogP contribution in [0.4, 0.5) is 23.7 Å². The predicted octanol–water partition coefficient (Wildman–Crippen LogP) is 3.36. The van der Waals surface area contributed by atoms with Gasteiger partial charge in [-0.05, 0) is 31.5 Å². The first kappa shape index (κ1) is 16.4. The smallest absolute Gasteiger partial charge is 0.416 e. The van der Waals surface area contributed by atoms with E-state index >= 15 is 0 Å². The number of nitrogens with two attached hydrogens (primary N) is 2. The molecule has 0 fully saturated rings. The van der Waals surface area contributed by atoms with Crippen LogP contribution in [-0.2, 0) is 17.3 Å². The normalized spacial score (nSPS) is 12.3. The minimum atomic E-state index is -4.54. The van der Waals surface area contributed by atoms with Gasteiger partial charge in [-0.3, -0.25) is 0 Å². The highest BCUT2D eigenvalue weighted by molar-refractivity contribution is 6.33. The Kier molecular flexibility index (Phi) is 4.43. The Hall–Kier alpha value is -1.63. The van der Waals surface area contributed by atoms with E-state index in [4.69, 9.17) is 27.8 Å². The lowest BCUT2D eigenvalue weighted by molar-refractivity contribution is -0.137. The summed E-state index contributed by atoms with van der Waals surface area (Å²) in [6, 6.07) is 1.63. The van der Waals surface area contributed by atoms with Crippen molar-refractivity contribution in [2.75, 3.05) is 5.73 Å². The van der Waals surface area contributed by atoms with Gasteiger partial charge in [-0.2, -0.15) is 13.2 Å². The van der Waals surface area contributed by atoms with Crippen LogP contribution in [0.25, 0.3) is 0 Å². The van der Waals surface area contributed by atoms with Crippen LogP contribution < -0.4 is 11.5 Å². The van der Waals surface area contributed by atoms with Crippen LogP contribution in [-0.4, -0.2) is 11.7 Å². The molecule has 112 valence electrons. The van der Waals surface area contributed by atoms with E-state index < -0.39 is 23.4 Å². The fourth-order valence-electron chi connectivity index (χ4n) is 1.75. The number of hydrogen-bond acceptors (Lipinski definition) is 3. The van der Waals surface area contributed by atoms with Gasteiger partial charge >= 0.3 is 12.3 Å². The van der Waals surface area contributed by atoms with Gasteiger partial charge < -0.3 is 16.2 Å². The number of halogens is 4. The summed E-state index contributed by atoms with van der Waals surface area (Å²) in [5, 5.41) is -0.204. The molecular formula is C12H14ClF3N2O2. The second-order valence-corrected chi connectivity index (χ2v) is 5.29. The zero-order valence-corrected chi connectivity index (χ0v) is 11.6. The van der Waals surface area contributed by atoms with Gasteiger partial charge in [0, 0.05) is 6.42 Å². The van der Waals surface area contributed by atoms with Gasteiger partial charge in [0.2, 0.25) is 0 Å². The molecule has 0 aliphatic rings. The fraction of sp³-hybridized carbons (Fsp3) is 0.417. The molecular weight excluding hydrogens is 297 g/mol. The van der Waals surface area contributed by atoms with Crippen molar-refractivity contribution in [1.82, 2.24) is 0 Å². The van der Waals surface area contributed by atoms with Gasteiger partial charge in [0.05, 0.1) is 16.3 Å². The Balaban J connectivity index is 3.18. The van der Waals surface area contributed by atoms with Crippen LogP contribution in [0.3, 0.4) is 0 Å². The summed E-state index contributed by atoms with van der Waals surface area (Å²) >= 11 is 5.70. The van der Waals surface area contributed by atoms with Gasteiger partial charge in [-0.25, -0.2) is 4.79 Å². The molecule has 0 saturated heterocycles. The molecule has 8 heteroatoms. The number of carbonyl (C=O) groups is 1. The molecule has 0 aliphatic heterocycles. The first-order chi connectivity index (χ1) is 8.92. The summed E-state index contributed by atoms with van der Waals surface area (Å²) in [5.74, 6) is 0. The summed E-state index contributed by atoms with van der Waals surface area (Å²) in [6.45, 7) is 3.01. The molecule has 0 unspecified atom stereocenters. The van der Waals surface area contributed by atoms with Crippen molar-refractivity contribution in [2.24, 2.45) is 5.73 Å². The van der Waals surface area contributed by atoms with E-state index in [9.17, 15) is 18.0 Å². The highest BCUT2D eigenvalue weighted by Gasteiger charge is 2.33. The number of amides is 1. The third-order valence-electron chi connectivity index (χ3n) is 2.54. The van der Waals surface area contributed by atoms with Crippen LogP contribution in [0.5, 0.6) is 0 Å². The number of ether oxygens (including phenoxy) is 1. The van der Waals surface area contributed by atoms with Crippen molar-refractivity contribution >= 4 is 23.4 Å². The number of alkyl halides is 3. The fourth-order valence-corrected chi connectivity index (χ4v) is 1.99. The second kappa shape index (κ2) is 5.40. The minimum absolute atomic E-state index is 0.0146. The first-order valence-electron chi connectivity index (χ1n) is 5.56. The van der Waals surface area contributed by atoms with Crippen LogP contribution in [0.1, 0.15) is 25.0 Å². The third-order valence-corrected chi connectivity index (χ3v) is 2.85. The summed E-state index contributed by atoms with van der Waals surface area (Å²) in [4.78, 5) is 10.7. The Bertz CT molecular complexity index is 530. The number of carbonyl (C=O) groups excluding carboxylic acids is 1. The van der Waals surface area contributed by atoms with E-state index in [2.05, 4.69) is 0 Å². The summed E-state index contributed by atoms with van der Waals surface area (Å²) in [5.41, 5.74) is 8.69. The molecule has 4 nitrogen and oxygen atoms in total. The SMILES string of the molecule is CC(C)(Cc1cc(C(F)(F)F)cc(Cl)c1N)OC(N)=O. The molecule has 1 aromatic rings. The number of nitrogen functional groups attached to an aromatic ring is 1. The molecule has 0 spiro atoms. The molecule has 0 radical (unpaired) electrons. The summed E-state index contributed by atoms with van der Waals surface area (Å²) in [6.07, 6.45) is -5.61. The van der Waals surface area contributed by atoms with Gasteiger partial charge in [0.15, 0.2) is 0 Å². The Morgan fingerprint density at radius 3 is 2.35 bits per heavy atom.